The molecule has 2 nitrogen and oxygen atoms in total. The first kappa shape index (κ1) is 13.8. The van der Waals surface area contributed by atoms with Gasteiger partial charge in [-0.1, -0.05) is 24.3 Å². The molecular weight excluding hydrogens is 232 g/mol. The lowest BCUT2D eigenvalue weighted by atomic mass is 10.0. The van der Waals surface area contributed by atoms with Gasteiger partial charge in [-0.05, 0) is 56.5 Å². The minimum atomic E-state index is 0.335. The van der Waals surface area contributed by atoms with Gasteiger partial charge in [0.05, 0.1) is 5.69 Å². The predicted octanol–water partition coefficient (Wildman–Crippen LogP) is 3.86. The SMILES string of the molecule is Cc1cccc(CNC(C)c2ccc(C)c(C)c2)n1. The van der Waals surface area contributed by atoms with E-state index in [1.165, 1.54) is 16.7 Å². The fourth-order valence-corrected chi connectivity index (χ4v) is 2.11. The molecule has 0 bridgehead atoms. The van der Waals surface area contributed by atoms with E-state index in [1.54, 1.807) is 0 Å². The van der Waals surface area contributed by atoms with Crippen LogP contribution in [0.1, 0.15) is 41.0 Å². The largest absolute Gasteiger partial charge is 0.305 e. The van der Waals surface area contributed by atoms with E-state index >= 15 is 0 Å². The van der Waals surface area contributed by atoms with E-state index in [-0.39, 0.29) is 0 Å². The van der Waals surface area contributed by atoms with E-state index in [2.05, 4.69) is 61.4 Å². The van der Waals surface area contributed by atoms with Crippen molar-refractivity contribution in [3.05, 3.63) is 64.5 Å². The summed E-state index contributed by atoms with van der Waals surface area (Å²) in [5.74, 6) is 0. The second-order valence-corrected chi connectivity index (χ2v) is 5.22. The second kappa shape index (κ2) is 5.98. The second-order valence-electron chi connectivity index (χ2n) is 5.22. The Kier molecular flexibility index (Phi) is 4.33. The third-order valence-electron chi connectivity index (χ3n) is 3.57. The van der Waals surface area contributed by atoms with E-state index < -0.39 is 0 Å². The minimum absolute atomic E-state index is 0.335. The highest BCUT2D eigenvalue weighted by Crippen LogP contribution is 2.17. The van der Waals surface area contributed by atoms with E-state index in [4.69, 9.17) is 0 Å². The summed E-state index contributed by atoms with van der Waals surface area (Å²) in [4.78, 5) is 4.51. The normalized spacial score (nSPS) is 12.4. The minimum Gasteiger partial charge on any atom is -0.305 e. The molecule has 1 N–H and O–H groups in total. The highest BCUT2D eigenvalue weighted by molar-refractivity contribution is 5.31. The van der Waals surface area contributed by atoms with Crippen molar-refractivity contribution in [1.29, 1.82) is 0 Å². The topological polar surface area (TPSA) is 24.9 Å². The first-order chi connectivity index (χ1) is 9.06. The molecule has 0 radical (unpaired) electrons. The zero-order chi connectivity index (χ0) is 13.8. The third-order valence-corrected chi connectivity index (χ3v) is 3.57. The molecule has 19 heavy (non-hydrogen) atoms. The summed E-state index contributed by atoms with van der Waals surface area (Å²) < 4.78 is 0. The van der Waals surface area contributed by atoms with Crippen molar-refractivity contribution >= 4 is 0 Å². The van der Waals surface area contributed by atoms with Gasteiger partial charge < -0.3 is 5.32 Å². The molecule has 1 aromatic heterocycles. The summed E-state index contributed by atoms with van der Waals surface area (Å²) in [5.41, 5.74) is 6.18. The van der Waals surface area contributed by atoms with Crippen molar-refractivity contribution in [2.45, 2.75) is 40.3 Å². The molecule has 1 unspecified atom stereocenters. The summed E-state index contributed by atoms with van der Waals surface area (Å²) in [6.45, 7) is 9.33. The monoisotopic (exact) mass is 254 g/mol. The molecule has 1 aromatic carbocycles. The maximum atomic E-state index is 4.51. The highest BCUT2D eigenvalue weighted by atomic mass is 14.9. The Balaban J connectivity index is 2.01. The van der Waals surface area contributed by atoms with Crippen molar-refractivity contribution in [1.82, 2.24) is 10.3 Å². The van der Waals surface area contributed by atoms with Crippen LogP contribution in [0, 0.1) is 20.8 Å². The fraction of sp³-hybridized carbons (Fsp3) is 0.353. The van der Waals surface area contributed by atoms with Crippen LogP contribution in [0.5, 0.6) is 0 Å². The van der Waals surface area contributed by atoms with Crippen LogP contribution in [0.25, 0.3) is 0 Å². The van der Waals surface area contributed by atoms with E-state index in [9.17, 15) is 0 Å². The van der Waals surface area contributed by atoms with Gasteiger partial charge in [-0.3, -0.25) is 4.98 Å². The number of hydrogen-bond donors (Lipinski definition) is 1. The van der Waals surface area contributed by atoms with Gasteiger partial charge >= 0.3 is 0 Å². The molecule has 100 valence electrons. The molecular formula is C17H22N2. The van der Waals surface area contributed by atoms with Crippen molar-refractivity contribution in [3.63, 3.8) is 0 Å². The standard InChI is InChI=1S/C17H22N2/c1-12-8-9-16(10-13(12)2)15(4)18-11-17-7-5-6-14(3)19-17/h5-10,15,18H,11H2,1-4H3. The van der Waals surface area contributed by atoms with E-state index in [0.29, 0.717) is 6.04 Å². The Morgan fingerprint density at radius 2 is 1.84 bits per heavy atom. The number of benzene rings is 1. The average molecular weight is 254 g/mol. The summed E-state index contributed by atoms with van der Waals surface area (Å²) in [6, 6.07) is 13.1. The maximum Gasteiger partial charge on any atom is 0.0545 e. The molecule has 0 aliphatic carbocycles. The lowest BCUT2D eigenvalue weighted by molar-refractivity contribution is 0.567. The molecule has 0 saturated carbocycles. The Hall–Kier alpha value is -1.67. The third kappa shape index (κ3) is 3.65. The van der Waals surface area contributed by atoms with Crippen LogP contribution in [-0.2, 0) is 6.54 Å². The van der Waals surface area contributed by atoms with Crippen LogP contribution in [0.3, 0.4) is 0 Å². The fourth-order valence-electron chi connectivity index (χ4n) is 2.11. The molecule has 0 fully saturated rings. The van der Waals surface area contributed by atoms with Crippen molar-refractivity contribution < 1.29 is 0 Å². The summed E-state index contributed by atoms with van der Waals surface area (Å²) >= 11 is 0. The van der Waals surface area contributed by atoms with E-state index in [0.717, 1.165) is 17.9 Å². The number of nitrogens with zero attached hydrogens (tertiary/aromatic N) is 1. The van der Waals surface area contributed by atoms with Crippen LogP contribution in [0.15, 0.2) is 36.4 Å². The molecule has 0 aliphatic heterocycles. The number of hydrogen-bond acceptors (Lipinski definition) is 2. The zero-order valence-corrected chi connectivity index (χ0v) is 12.2. The number of aromatic nitrogens is 1. The van der Waals surface area contributed by atoms with Gasteiger partial charge in [0.2, 0.25) is 0 Å². The highest BCUT2D eigenvalue weighted by Gasteiger charge is 2.06. The van der Waals surface area contributed by atoms with Crippen LogP contribution in [0.2, 0.25) is 0 Å². The number of rotatable bonds is 4. The maximum absolute atomic E-state index is 4.51. The van der Waals surface area contributed by atoms with Crippen LogP contribution < -0.4 is 5.32 Å². The number of pyridine rings is 1. The molecule has 0 spiro atoms. The Morgan fingerprint density at radius 1 is 1.05 bits per heavy atom. The lowest BCUT2D eigenvalue weighted by Gasteiger charge is -2.15. The molecule has 2 rings (SSSR count). The van der Waals surface area contributed by atoms with Gasteiger partial charge in [-0.15, -0.1) is 0 Å². The van der Waals surface area contributed by atoms with Crippen molar-refractivity contribution in [3.8, 4) is 0 Å². The Labute approximate surface area is 115 Å². The molecule has 2 heteroatoms. The van der Waals surface area contributed by atoms with Gasteiger partial charge in [0.15, 0.2) is 0 Å². The molecule has 2 aromatic rings. The molecule has 0 aliphatic rings. The van der Waals surface area contributed by atoms with Gasteiger partial charge in [0.1, 0.15) is 0 Å². The van der Waals surface area contributed by atoms with E-state index in [1.807, 2.05) is 13.0 Å². The van der Waals surface area contributed by atoms with Gasteiger partial charge in [-0.2, -0.15) is 0 Å². The summed E-state index contributed by atoms with van der Waals surface area (Å²) in [6.07, 6.45) is 0. The predicted molar refractivity (Wildman–Crippen MR) is 80.1 cm³/mol. The first-order valence-corrected chi connectivity index (χ1v) is 6.79. The van der Waals surface area contributed by atoms with Gasteiger partial charge in [0.25, 0.3) is 0 Å². The van der Waals surface area contributed by atoms with Gasteiger partial charge in [0, 0.05) is 18.3 Å². The molecule has 0 amide bonds. The Bertz CT molecular complexity index is 561. The first-order valence-electron chi connectivity index (χ1n) is 6.79. The average Bonchev–Trinajstić information content (AvgIpc) is 2.39. The quantitative estimate of drug-likeness (QED) is 0.896. The Morgan fingerprint density at radius 3 is 2.53 bits per heavy atom. The summed E-state index contributed by atoms with van der Waals surface area (Å²) in [7, 11) is 0. The molecule has 1 heterocycles. The van der Waals surface area contributed by atoms with Crippen LogP contribution >= 0.6 is 0 Å². The van der Waals surface area contributed by atoms with Gasteiger partial charge in [-0.25, -0.2) is 0 Å². The smallest absolute Gasteiger partial charge is 0.0545 e. The van der Waals surface area contributed by atoms with Crippen molar-refractivity contribution in [2.24, 2.45) is 0 Å². The number of aryl methyl sites for hydroxylation is 3. The number of nitrogens with one attached hydrogen (secondary N) is 1. The molecule has 0 saturated heterocycles. The lowest BCUT2D eigenvalue weighted by Crippen LogP contribution is -2.19. The zero-order valence-electron chi connectivity index (χ0n) is 12.2. The van der Waals surface area contributed by atoms with Crippen molar-refractivity contribution in [2.75, 3.05) is 0 Å². The van der Waals surface area contributed by atoms with Crippen LogP contribution in [0.4, 0.5) is 0 Å². The summed E-state index contributed by atoms with van der Waals surface area (Å²) in [5, 5.41) is 3.53. The van der Waals surface area contributed by atoms with Crippen LogP contribution in [-0.4, -0.2) is 4.98 Å². The molecule has 1 atom stereocenters.